The van der Waals surface area contributed by atoms with E-state index in [0.29, 0.717) is 12.8 Å². The van der Waals surface area contributed by atoms with Gasteiger partial charge in [0.1, 0.15) is 6.04 Å². The van der Waals surface area contributed by atoms with Gasteiger partial charge in [-0.1, -0.05) is 25.7 Å². The van der Waals surface area contributed by atoms with Gasteiger partial charge in [0.2, 0.25) is 5.91 Å². The van der Waals surface area contributed by atoms with Gasteiger partial charge in [0.15, 0.2) is 0 Å². The van der Waals surface area contributed by atoms with Crippen molar-refractivity contribution in [1.29, 1.82) is 0 Å². The fourth-order valence-corrected chi connectivity index (χ4v) is 2.87. The summed E-state index contributed by atoms with van der Waals surface area (Å²) in [4.78, 5) is 23.2. The van der Waals surface area contributed by atoms with Crippen molar-refractivity contribution in [2.75, 3.05) is 7.05 Å². The summed E-state index contributed by atoms with van der Waals surface area (Å²) >= 11 is 0. The summed E-state index contributed by atoms with van der Waals surface area (Å²) in [7, 11) is 1.65. The lowest BCUT2D eigenvalue weighted by molar-refractivity contribution is -0.139. The summed E-state index contributed by atoms with van der Waals surface area (Å²) in [6, 6.07) is -1.02. The molecule has 7 N–H and O–H groups in total. The molecule has 154 valence electrons. The third-order valence-electron chi connectivity index (χ3n) is 4.58. The Morgan fingerprint density at radius 2 is 1.54 bits per heavy atom. The van der Waals surface area contributed by atoms with Crippen molar-refractivity contribution < 1.29 is 14.7 Å². The number of unbranched alkanes of at least 4 members (excludes halogenated alkanes) is 2. The van der Waals surface area contributed by atoms with E-state index in [1.54, 1.807) is 7.05 Å². The summed E-state index contributed by atoms with van der Waals surface area (Å²) in [6.45, 7) is 7.94. The molecule has 0 aliphatic carbocycles. The van der Waals surface area contributed by atoms with E-state index in [9.17, 15) is 9.59 Å². The molecule has 0 saturated carbocycles. The molecule has 0 rings (SSSR count). The van der Waals surface area contributed by atoms with Gasteiger partial charge in [0, 0.05) is 11.1 Å². The number of likely N-dealkylation sites (N-methyl/N-ethyl adjacent to an activating group) is 1. The van der Waals surface area contributed by atoms with Crippen LogP contribution >= 0.6 is 0 Å². The first-order chi connectivity index (χ1) is 11.9. The Bertz CT molecular complexity index is 433. The number of carboxylic acids is 1. The molecular weight excluding hydrogens is 332 g/mol. The molecule has 26 heavy (non-hydrogen) atoms. The molecule has 0 aromatic rings. The highest BCUT2D eigenvalue weighted by atomic mass is 16.4. The third-order valence-corrected chi connectivity index (χ3v) is 4.58. The minimum Gasteiger partial charge on any atom is -0.480 e. The standard InChI is InChI=1S/C19H40N4O3/c1-18(2,21)12-8-6-10-14(20)16(24)23-19(3,4)13-9-7-11-15(22-5)17(25)26/h14-15,22H,6-13,20-21H2,1-5H3,(H,23,24)(H,25,26). The topological polar surface area (TPSA) is 130 Å². The first-order valence-electron chi connectivity index (χ1n) is 9.64. The summed E-state index contributed by atoms with van der Waals surface area (Å²) in [5.41, 5.74) is 11.4. The summed E-state index contributed by atoms with van der Waals surface area (Å²) in [5.74, 6) is -0.954. The highest BCUT2D eigenvalue weighted by molar-refractivity contribution is 5.82. The number of nitrogens with one attached hydrogen (secondary N) is 2. The van der Waals surface area contributed by atoms with E-state index in [4.69, 9.17) is 16.6 Å². The number of aliphatic carboxylic acids is 1. The highest BCUT2D eigenvalue weighted by Crippen LogP contribution is 2.16. The quantitative estimate of drug-likeness (QED) is 0.295. The molecule has 0 aliphatic heterocycles. The minimum atomic E-state index is -0.830. The number of amides is 1. The van der Waals surface area contributed by atoms with Gasteiger partial charge in [-0.15, -0.1) is 0 Å². The van der Waals surface area contributed by atoms with Crippen molar-refractivity contribution in [3.8, 4) is 0 Å². The van der Waals surface area contributed by atoms with Crippen molar-refractivity contribution in [3.05, 3.63) is 0 Å². The summed E-state index contributed by atoms with van der Waals surface area (Å²) in [6.07, 6.45) is 6.41. The van der Waals surface area contributed by atoms with Crippen LogP contribution in [0.15, 0.2) is 0 Å². The SMILES string of the molecule is CNC(CCCCC(C)(C)NC(=O)C(N)CCCCC(C)(C)N)C(=O)O. The number of carboxylic acid groups (broad SMARTS) is 1. The van der Waals surface area contributed by atoms with E-state index >= 15 is 0 Å². The van der Waals surface area contributed by atoms with Crippen molar-refractivity contribution in [1.82, 2.24) is 10.6 Å². The minimum absolute atomic E-state index is 0.124. The van der Waals surface area contributed by atoms with Crippen molar-refractivity contribution >= 4 is 11.9 Å². The first kappa shape index (κ1) is 24.8. The van der Waals surface area contributed by atoms with Gasteiger partial charge in [-0.05, 0) is 60.4 Å². The molecule has 0 saturated heterocycles. The van der Waals surface area contributed by atoms with Crippen molar-refractivity contribution in [2.24, 2.45) is 11.5 Å². The lowest BCUT2D eigenvalue weighted by atomic mass is 9.94. The largest absolute Gasteiger partial charge is 0.480 e. The maximum absolute atomic E-state index is 12.3. The Balaban J connectivity index is 4.10. The Morgan fingerprint density at radius 3 is 2.04 bits per heavy atom. The first-order valence-corrected chi connectivity index (χ1v) is 9.64. The molecule has 0 aromatic heterocycles. The van der Waals surface area contributed by atoms with Gasteiger partial charge in [-0.3, -0.25) is 9.59 Å². The second kappa shape index (κ2) is 11.5. The van der Waals surface area contributed by atoms with Crippen molar-refractivity contribution in [3.63, 3.8) is 0 Å². The normalized spacial score (nSPS) is 14.7. The van der Waals surface area contributed by atoms with Crippen LogP contribution in [0.4, 0.5) is 0 Å². The molecule has 2 atom stereocenters. The molecule has 7 heteroatoms. The number of hydrogen-bond acceptors (Lipinski definition) is 5. The molecule has 0 spiro atoms. The second-order valence-corrected chi connectivity index (χ2v) is 8.64. The Morgan fingerprint density at radius 1 is 1.00 bits per heavy atom. The summed E-state index contributed by atoms with van der Waals surface area (Å²) in [5, 5.41) is 14.8. The molecular formula is C19H40N4O3. The molecule has 0 radical (unpaired) electrons. The van der Waals surface area contributed by atoms with Crippen LogP contribution in [0.25, 0.3) is 0 Å². The molecule has 0 heterocycles. The number of nitrogens with two attached hydrogens (primary N) is 2. The molecule has 0 bridgehead atoms. The van der Waals surface area contributed by atoms with E-state index in [-0.39, 0.29) is 17.0 Å². The van der Waals surface area contributed by atoms with Gasteiger partial charge in [0.25, 0.3) is 0 Å². The van der Waals surface area contributed by atoms with Gasteiger partial charge in [-0.2, -0.15) is 0 Å². The van der Waals surface area contributed by atoms with E-state index in [1.165, 1.54) is 0 Å². The Kier molecular flexibility index (Phi) is 11.0. The van der Waals surface area contributed by atoms with Crippen LogP contribution in [-0.2, 0) is 9.59 Å². The number of carbonyl (C=O) groups is 2. The van der Waals surface area contributed by atoms with Crippen molar-refractivity contribution in [2.45, 2.75) is 102 Å². The lowest BCUT2D eigenvalue weighted by Crippen LogP contribution is -2.50. The molecule has 2 unspecified atom stereocenters. The third kappa shape index (κ3) is 12.2. The van der Waals surface area contributed by atoms with Crippen LogP contribution in [-0.4, -0.2) is 47.2 Å². The van der Waals surface area contributed by atoms with Crippen LogP contribution in [0.5, 0.6) is 0 Å². The average Bonchev–Trinajstić information content (AvgIpc) is 2.49. The maximum atomic E-state index is 12.3. The fraction of sp³-hybridized carbons (Fsp3) is 0.895. The lowest BCUT2D eigenvalue weighted by Gasteiger charge is -2.28. The molecule has 1 amide bonds. The fourth-order valence-electron chi connectivity index (χ4n) is 2.87. The molecule has 0 fully saturated rings. The van der Waals surface area contributed by atoms with Gasteiger partial charge in [-0.25, -0.2) is 0 Å². The highest BCUT2D eigenvalue weighted by Gasteiger charge is 2.24. The van der Waals surface area contributed by atoms with Gasteiger partial charge < -0.3 is 27.2 Å². The van der Waals surface area contributed by atoms with E-state index in [1.807, 2.05) is 27.7 Å². The Labute approximate surface area is 158 Å². The predicted molar refractivity (Wildman–Crippen MR) is 106 cm³/mol. The van der Waals surface area contributed by atoms with Crippen LogP contribution < -0.4 is 22.1 Å². The van der Waals surface area contributed by atoms with E-state index in [2.05, 4.69) is 10.6 Å². The Hall–Kier alpha value is -1.18. The van der Waals surface area contributed by atoms with Crippen LogP contribution in [0.2, 0.25) is 0 Å². The number of rotatable bonds is 14. The predicted octanol–water partition coefficient (Wildman–Crippen LogP) is 1.74. The van der Waals surface area contributed by atoms with Gasteiger partial charge in [0.05, 0.1) is 6.04 Å². The zero-order chi connectivity index (χ0) is 20.4. The number of hydrogen-bond donors (Lipinski definition) is 5. The monoisotopic (exact) mass is 372 g/mol. The van der Waals surface area contributed by atoms with Crippen LogP contribution in [0.1, 0.15) is 79.1 Å². The van der Waals surface area contributed by atoms with E-state index < -0.39 is 18.1 Å². The molecule has 0 aromatic carbocycles. The van der Waals surface area contributed by atoms with E-state index in [0.717, 1.165) is 38.5 Å². The van der Waals surface area contributed by atoms with Crippen LogP contribution in [0.3, 0.4) is 0 Å². The molecule has 7 nitrogen and oxygen atoms in total. The van der Waals surface area contributed by atoms with Crippen LogP contribution in [0, 0.1) is 0 Å². The van der Waals surface area contributed by atoms with Gasteiger partial charge >= 0.3 is 5.97 Å². The zero-order valence-corrected chi connectivity index (χ0v) is 17.2. The summed E-state index contributed by atoms with van der Waals surface area (Å²) < 4.78 is 0. The second-order valence-electron chi connectivity index (χ2n) is 8.64. The molecule has 0 aliphatic rings. The smallest absolute Gasteiger partial charge is 0.320 e. The zero-order valence-electron chi connectivity index (χ0n) is 17.2. The maximum Gasteiger partial charge on any atom is 0.320 e. The number of carbonyl (C=O) groups excluding carboxylic acids is 1. The average molecular weight is 373 g/mol.